The highest BCUT2D eigenvalue weighted by Crippen LogP contribution is 2.46. The van der Waals surface area contributed by atoms with Gasteiger partial charge in [0, 0.05) is 42.9 Å². The van der Waals surface area contributed by atoms with Crippen LogP contribution in [-0.2, 0) is 0 Å². The Morgan fingerprint density at radius 1 is 0.958 bits per heavy atom. The predicted molar refractivity (Wildman–Crippen MR) is 96.7 cm³/mol. The lowest BCUT2D eigenvalue weighted by Crippen LogP contribution is -2.48. The summed E-state index contributed by atoms with van der Waals surface area (Å²) < 4.78 is 0. The summed E-state index contributed by atoms with van der Waals surface area (Å²) >= 11 is 0. The van der Waals surface area contributed by atoms with Crippen molar-refractivity contribution < 1.29 is 5.11 Å². The number of anilines is 2. The van der Waals surface area contributed by atoms with Gasteiger partial charge in [-0.2, -0.15) is 4.98 Å². The molecule has 2 aliphatic heterocycles. The lowest BCUT2D eigenvalue weighted by Gasteiger charge is -2.43. The zero-order chi connectivity index (χ0) is 16.7. The molecule has 1 aromatic heterocycles. The second-order valence-corrected chi connectivity index (χ2v) is 8.05. The van der Waals surface area contributed by atoms with E-state index in [1.807, 2.05) is 0 Å². The Labute approximate surface area is 145 Å². The molecule has 0 radical (unpaired) electrons. The molecule has 3 heterocycles. The van der Waals surface area contributed by atoms with Crippen LogP contribution in [0.3, 0.4) is 0 Å². The normalized spacial score (nSPS) is 30.5. The van der Waals surface area contributed by atoms with Gasteiger partial charge in [-0.1, -0.05) is 6.42 Å². The fourth-order valence-corrected chi connectivity index (χ4v) is 4.90. The van der Waals surface area contributed by atoms with Gasteiger partial charge < -0.3 is 14.9 Å². The molecule has 1 N–H and O–H groups in total. The highest BCUT2D eigenvalue weighted by Gasteiger charge is 2.45. The number of aromatic nitrogens is 2. The van der Waals surface area contributed by atoms with Crippen molar-refractivity contribution in [2.45, 2.75) is 64.9 Å². The molecule has 4 rings (SSSR count). The van der Waals surface area contributed by atoms with E-state index in [-0.39, 0.29) is 11.5 Å². The Bertz CT molecular complexity index is 614. The number of piperidine rings is 1. The van der Waals surface area contributed by atoms with Gasteiger partial charge in [-0.15, -0.1) is 0 Å². The van der Waals surface area contributed by atoms with Gasteiger partial charge >= 0.3 is 0 Å². The zero-order valence-electron chi connectivity index (χ0n) is 15.1. The summed E-state index contributed by atoms with van der Waals surface area (Å²) in [7, 11) is 0. The van der Waals surface area contributed by atoms with Crippen molar-refractivity contribution >= 4 is 11.8 Å². The standard InChI is InChI=1S/C19H30N4O/c1-14-15(2)20-18(22-10-3-4-11-22)21-17(14)23-12-6-9-19(13-23)8-5-7-16(19)24/h16,24H,3-13H2,1-2H3/t16-,19-/m1/s1. The summed E-state index contributed by atoms with van der Waals surface area (Å²) in [5.74, 6) is 2.00. The quantitative estimate of drug-likeness (QED) is 0.904. The lowest BCUT2D eigenvalue weighted by molar-refractivity contribution is 0.0407. The van der Waals surface area contributed by atoms with E-state index in [1.165, 1.54) is 18.4 Å². The third-order valence-electron chi connectivity index (χ3n) is 6.51. The van der Waals surface area contributed by atoms with Gasteiger partial charge in [-0.05, 0) is 52.4 Å². The molecule has 1 aliphatic carbocycles. The average Bonchev–Trinajstić information content (AvgIpc) is 3.22. The van der Waals surface area contributed by atoms with Gasteiger partial charge in [0.25, 0.3) is 0 Å². The number of aliphatic hydroxyl groups is 1. The highest BCUT2D eigenvalue weighted by molar-refractivity contribution is 5.53. The minimum atomic E-state index is -0.137. The molecule has 3 fully saturated rings. The van der Waals surface area contributed by atoms with Crippen LogP contribution in [0.4, 0.5) is 11.8 Å². The number of hydrogen-bond acceptors (Lipinski definition) is 5. The summed E-state index contributed by atoms with van der Waals surface area (Å²) in [5.41, 5.74) is 2.38. The molecule has 1 spiro atoms. The third kappa shape index (κ3) is 2.67. The van der Waals surface area contributed by atoms with E-state index in [0.29, 0.717) is 0 Å². The summed E-state index contributed by atoms with van der Waals surface area (Å²) in [5, 5.41) is 10.6. The van der Waals surface area contributed by atoms with Crippen LogP contribution < -0.4 is 9.80 Å². The van der Waals surface area contributed by atoms with Gasteiger partial charge in [0.05, 0.1) is 6.10 Å². The second-order valence-electron chi connectivity index (χ2n) is 8.05. The maximum absolute atomic E-state index is 10.6. The van der Waals surface area contributed by atoms with E-state index in [1.54, 1.807) is 0 Å². The van der Waals surface area contributed by atoms with Crippen LogP contribution in [0.2, 0.25) is 0 Å². The first-order valence-corrected chi connectivity index (χ1v) is 9.62. The molecule has 2 saturated heterocycles. The Hall–Kier alpha value is -1.36. The van der Waals surface area contributed by atoms with E-state index >= 15 is 0 Å². The molecule has 1 saturated carbocycles. The second kappa shape index (κ2) is 6.17. The number of aryl methyl sites for hydroxylation is 1. The first-order chi connectivity index (χ1) is 11.6. The van der Waals surface area contributed by atoms with Crippen molar-refractivity contribution in [3.63, 3.8) is 0 Å². The number of nitrogens with zero attached hydrogens (tertiary/aromatic N) is 4. The van der Waals surface area contributed by atoms with Gasteiger partial charge in [0.15, 0.2) is 0 Å². The van der Waals surface area contributed by atoms with E-state index in [0.717, 1.165) is 75.7 Å². The van der Waals surface area contributed by atoms with Crippen molar-refractivity contribution in [1.82, 2.24) is 9.97 Å². The molecule has 0 unspecified atom stereocenters. The van der Waals surface area contributed by atoms with Crippen molar-refractivity contribution in [3.8, 4) is 0 Å². The van der Waals surface area contributed by atoms with Crippen LogP contribution in [0.25, 0.3) is 0 Å². The van der Waals surface area contributed by atoms with Crippen molar-refractivity contribution in [3.05, 3.63) is 11.3 Å². The minimum absolute atomic E-state index is 0.0946. The Kier molecular flexibility index (Phi) is 4.15. The lowest BCUT2D eigenvalue weighted by atomic mass is 9.76. The smallest absolute Gasteiger partial charge is 0.227 e. The van der Waals surface area contributed by atoms with Crippen LogP contribution >= 0.6 is 0 Å². The summed E-state index contributed by atoms with van der Waals surface area (Å²) in [6.45, 7) is 8.39. The maximum Gasteiger partial charge on any atom is 0.227 e. The summed E-state index contributed by atoms with van der Waals surface area (Å²) in [6.07, 6.45) is 7.94. The summed E-state index contributed by atoms with van der Waals surface area (Å²) in [4.78, 5) is 14.5. The van der Waals surface area contributed by atoms with Gasteiger partial charge in [-0.3, -0.25) is 0 Å². The van der Waals surface area contributed by atoms with Crippen LogP contribution in [0, 0.1) is 19.3 Å². The third-order valence-corrected chi connectivity index (χ3v) is 6.51. The van der Waals surface area contributed by atoms with Gasteiger partial charge in [-0.25, -0.2) is 4.98 Å². The van der Waals surface area contributed by atoms with Crippen LogP contribution in [-0.4, -0.2) is 47.4 Å². The SMILES string of the molecule is Cc1nc(N2CCCC2)nc(N2CCC[C@]3(CCC[C@H]3O)C2)c1C. The molecule has 1 aromatic rings. The van der Waals surface area contributed by atoms with Crippen molar-refractivity contribution in [2.24, 2.45) is 5.41 Å². The number of rotatable bonds is 2. The first kappa shape index (κ1) is 16.1. The average molecular weight is 330 g/mol. The molecule has 24 heavy (non-hydrogen) atoms. The highest BCUT2D eigenvalue weighted by atomic mass is 16.3. The zero-order valence-corrected chi connectivity index (χ0v) is 15.1. The van der Waals surface area contributed by atoms with E-state index in [4.69, 9.17) is 9.97 Å². The summed E-state index contributed by atoms with van der Waals surface area (Å²) in [6, 6.07) is 0. The molecule has 5 heteroatoms. The molecule has 132 valence electrons. The first-order valence-electron chi connectivity index (χ1n) is 9.62. The molecular formula is C19H30N4O. The van der Waals surface area contributed by atoms with Gasteiger partial charge in [0.2, 0.25) is 5.95 Å². The van der Waals surface area contributed by atoms with E-state index in [9.17, 15) is 5.11 Å². The molecule has 0 bridgehead atoms. The van der Waals surface area contributed by atoms with Gasteiger partial charge in [0.1, 0.15) is 5.82 Å². The van der Waals surface area contributed by atoms with Crippen LogP contribution in [0.1, 0.15) is 56.2 Å². The fourth-order valence-electron chi connectivity index (χ4n) is 4.90. The minimum Gasteiger partial charge on any atom is -0.392 e. The Balaban J connectivity index is 1.65. The maximum atomic E-state index is 10.6. The molecule has 3 aliphatic rings. The molecule has 0 aromatic carbocycles. The molecule has 5 nitrogen and oxygen atoms in total. The van der Waals surface area contributed by atoms with E-state index in [2.05, 4.69) is 23.6 Å². The Morgan fingerprint density at radius 2 is 1.67 bits per heavy atom. The molecule has 0 amide bonds. The predicted octanol–water partition coefficient (Wildman–Crippen LogP) is 2.83. The van der Waals surface area contributed by atoms with Crippen LogP contribution in [0.5, 0.6) is 0 Å². The van der Waals surface area contributed by atoms with Crippen molar-refractivity contribution in [1.29, 1.82) is 0 Å². The van der Waals surface area contributed by atoms with Crippen LogP contribution in [0.15, 0.2) is 0 Å². The van der Waals surface area contributed by atoms with Crippen molar-refractivity contribution in [2.75, 3.05) is 36.0 Å². The monoisotopic (exact) mass is 330 g/mol. The van der Waals surface area contributed by atoms with E-state index < -0.39 is 0 Å². The largest absolute Gasteiger partial charge is 0.392 e. The topological polar surface area (TPSA) is 52.5 Å². The number of aliphatic hydroxyl groups excluding tert-OH is 1. The Morgan fingerprint density at radius 3 is 2.38 bits per heavy atom. The molecule has 2 atom stereocenters. The molecular weight excluding hydrogens is 300 g/mol. The number of hydrogen-bond donors (Lipinski definition) is 1. The fraction of sp³-hybridized carbons (Fsp3) is 0.789.